The van der Waals surface area contributed by atoms with Gasteiger partial charge in [0.2, 0.25) is 0 Å². The first kappa shape index (κ1) is 27.7. The number of nitrogens with one attached hydrogen (secondary N) is 1. The molecular formula is C31H35NO6. The molecule has 1 aliphatic heterocycles. The normalized spacial score (nSPS) is 23.0. The molecule has 7 heteroatoms. The molecule has 1 N–H and O–H groups in total. The minimum atomic E-state index is -0.735. The van der Waals surface area contributed by atoms with E-state index >= 15 is 0 Å². The van der Waals surface area contributed by atoms with Crippen LogP contribution in [0.3, 0.4) is 0 Å². The lowest BCUT2D eigenvalue weighted by Crippen LogP contribution is -2.62. The first-order valence-corrected chi connectivity index (χ1v) is 12.7. The number of hydrogen-bond donors (Lipinski definition) is 1. The van der Waals surface area contributed by atoms with Crippen LogP contribution in [0.1, 0.15) is 21.5 Å². The maximum absolute atomic E-state index is 12.8. The lowest BCUT2D eigenvalue weighted by Gasteiger charge is -2.45. The zero-order chi connectivity index (χ0) is 26.6. The van der Waals surface area contributed by atoms with E-state index in [0.717, 1.165) is 11.1 Å². The predicted molar refractivity (Wildman–Crippen MR) is 144 cm³/mol. The van der Waals surface area contributed by atoms with Gasteiger partial charge in [0, 0.05) is 19.2 Å². The molecule has 0 bridgehead atoms. The van der Waals surface area contributed by atoms with Crippen molar-refractivity contribution in [2.24, 2.45) is 0 Å². The Hall–Kier alpha value is -3.33. The van der Waals surface area contributed by atoms with E-state index in [0.29, 0.717) is 18.8 Å². The molecule has 38 heavy (non-hydrogen) atoms. The Labute approximate surface area is 224 Å². The molecule has 4 rings (SSSR count). The third-order valence-corrected chi connectivity index (χ3v) is 6.30. The second-order valence-corrected chi connectivity index (χ2v) is 8.96. The molecule has 0 aromatic heterocycles. The van der Waals surface area contributed by atoms with Gasteiger partial charge in [-0.3, -0.25) is 4.79 Å². The van der Waals surface area contributed by atoms with Crippen molar-refractivity contribution < 1.29 is 28.5 Å². The Bertz CT molecular complexity index is 1110. The summed E-state index contributed by atoms with van der Waals surface area (Å²) in [7, 11) is 1.57. The van der Waals surface area contributed by atoms with E-state index in [1.54, 1.807) is 25.3 Å². The summed E-state index contributed by atoms with van der Waals surface area (Å²) in [6.45, 7) is 4.98. The number of carbonyl (C=O) groups excluding carboxylic acids is 1. The molecule has 1 fully saturated rings. The van der Waals surface area contributed by atoms with Crippen LogP contribution >= 0.6 is 0 Å². The Morgan fingerprint density at radius 1 is 0.816 bits per heavy atom. The number of carbonyl (C=O) groups is 1. The third kappa shape index (κ3) is 7.60. The molecule has 0 aliphatic carbocycles. The summed E-state index contributed by atoms with van der Waals surface area (Å²) in [4.78, 5) is 12.8. The molecule has 1 amide bonds. The van der Waals surface area contributed by atoms with Gasteiger partial charge in [-0.05, 0) is 23.3 Å². The van der Waals surface area contributed by atoms with Crippen molar-refractivity contribution in [2.45, 2.75) is 43.9 Å². The first-order chi connectivity index (χ1) is 18.7. The van der Waals surface area contributed by atoms with E-state index in [2.05, 4.69) is 11.9 Å². The summed E-state index contributed by atoms with van der Waals surface area (Å²) in [6.07, 6.45) is -1.29. The van der Waals surface area contributed by atoms with Crippen LogP contribution in [-0.2, 0) is 36.9 Å². The van der Waals surface area contributed by atoms with Crippen molar-refractivity contribution >= 4 is 5.91 Å². The Kier molecular flexibility index (Phi) is 10.6. The van der Waals surface area contributed by atoms with Crippen LogP contribution in [-0.4, -0.2) is 56.9 Å². The maximum atomic E-state index is 12.8. The van der Waals surface area contributed by atoms with E-state index in [-0.39, 0.29) is 19.1 Å². The van der Waals surface area contributed by atoms with Gasteiger partial charge in [-0.2, -0.15) is 0 Å². The molecule has 7 nitrogen and oxygen atoms in total. The average Bonchev–Trinajstić information content (AvgIpc) is 2.98. The zero-order valence-corrected chi connectivity index (χ0v) is 21.6. The summed E-state index contributed by atoms with van der Waals surface area (Å²) in [6, 6.07) is 28.9. The Morgan fingerprint density at radius 2 is 1.37 bits per heavy atom. The zero-order valence-electron chi connectivity index (χ0n) is 21.6. The largest absolute Gasteiger partial charge is 0.369 e. The van der Waals surface area contributed by atoms with Gasteiger partial charge >= 0.3 is 0 Å². The third-order valence-electron chi connectivity index (χ3n) is 6.30. The van der Waals surface area contributed by atoms with Gasteiger partial charge in [-0.1, -0.05) is 84.9 Å². The van der Waals surface area contributed by atoms with Crippen molar-refractivity contribution in [1.82, 2.24) is 5.32 Å². The monoisotopic (exact) mass is 517 g/mol. The van der Waals surface area contributed by atoms with Crippen LogP contribution in [0.4, 0.5) is 0 Å². The van der Waals surface area contributed by atoms with Gasteiger partial charge in [0.15, 0.2) is 6.29 Å². The first-order valence-electron chi connectivity index (χ1n) is 12.7. The molecule has 3 aromatic carbocycles. The highest BCUT2D eigenvalue weighted by molar-refractivity contribution is 5.94. The molecule has 0 spiro atoms. The minimum absolute atomic E-state index is 0.199. The van der Waals surface area contributed by atoms with Crippen LogP contribution in [0.5, 0.6) is 0 Å². The Morgan fingerprint density at radius 3 is 1.92 bits per heavy atom. The van der Waals surface area contributed by atoms with Crippen LogP contribution in [0.25, 0.3) is 0 Å². The van der Waals surface area contributed by atoms with Gasteiger partial charge in [0.25, 0.3) is 5.91 Å². The molecule has 0 radical (unpaired) electrons. The van der Waals surface area contributed by atoms with E-state index in [9.17, 15) is 4.79 Å². The summed E-state index contributed by atoms with van der Waals surface area (Å²) in [5.74, 6) is -0.199. The second kappa shape index (κ2) is 14.6. The quantitative estimate of drug-likeness (QED) is 0.336. The number of benzene rings is 3. The molecule has 1 aliphatic rings. The van der Waals surface area contributed by atoms with Crippen molar-refractivity contribution in [3.05, 3.63) is 120 Å². The average molecular weight is 518 g/mol. The molecule has 5 atom stereocenters. The van der Waals surface area contributed by atoms with Crippen LogP contribution < -0.4 is 5.32 Å². The number of methoxy groups -OCH3 is 1. The molecule has 0 saturated carbocycles. The minimum Gasteiger partial charge on any atom is -0.369 e. The fourth-order valence-electron chi connectivity index (χ4n) is 4.40. The number of rotatable bonds is 13. The molecular weight excluding hydrogens is 482 g/mol. The van der Waals surface area contributed by atoms with Gasteiger partial charge in [0.1, 0.15) is 24.4 Å². The van der Waals surface area contributed by atoms with Gasteiger partial charge in [-0.25, -0.2) is 0 Å². The van der Waals surface area contributed by atoms with Crippen molar-refractivity contribution in [1.29, 1.82) is 0 Å². The topological polar surface area (TPSA) is 75.2 Å². The summed E-state index contributed by atoms with van der Waals surface area (Å²) in [5, 5.41) is 2.97. The van der Waals surface area contributed by atoms with Crippen molar-refractivity contribution in [3.8, 4) is 0 Å². The molecule has 200 valence electrons. The SMILES string of the molecule is C=CCO[C@H]1[C@H](OCc2ccccc2)[C@@H](OCc2ccccc2)[C@@H](OC)O[C@@H]1CNC(=O)c1ccccc1. The van der Waals surface area contributed by atoms with Gasteiger partial charge in [-0.15, -0.1) is 6.58 Å². The standard InChI is InChI=1S/C31H35NO6/c1-3-19-35-27-26(20-32-30(33)25-17-11-6-12-18-25)38-31(34-2)29(37-22-24-15-9-5-10-16-24)28(27)36-21-23-13-7-4-8-14-23/h3-18,26-29,31H,1,19-22H2,2H3,(H,32,33)/t26-,27-,28+,29-,31+/m1/s1. The predicted octanol–water partition coefficient (Wildman–Crippen LogP) is 4.53. The highest BCUT2D eigenvalue weighted by Crippen LogP contribution is 2.30. The fraction of sp³-hybridized carbons (Fsp3) is 0.323. The Balaban J connectivity index is 1.55. The summed E-state index contributed by atoms with van der Waals surface area (Å²) >= 11 is 0. The van der Waals surface area contributed by atoms with E-state index in [4.69, 9.17) is 23.7 Å². The van der Waals surface area contributed by atoms with E-state index in [1.807, 2.05) is 78.9 Å². The molecule has 0 unspecified atom stereocenters. The molecule has 3 aromatic rings. The van der Waals surface area contributed by atoms with Crippen molar-refractivity contribution in [2.75, 3.05) is 20.3 Å². The number of amides is 1. The second-order valence-electron chi connectivity index (χ2n) is 8.96. The van der Waals surface area contributed by atoms with E-state index < -0.39 is 30.7 Å². The number of hydrogen-bond acceptors (Lipinski definition) is 6. The van der Waals surface area contributed by atoms with Gasteiger partial charge in [0.05, 0.1) is 19.8 Å². The van der Waals surface area contributed by atoms with Crippen LogP contribution in [0.2, 0.25) is 0 Å². The molecule has 1 heterocycles. The molecule has 1 saturated heterocycles. The summed E-state index contributed by atoms with van der Waals surface area (Å²) in [5.41, 5.74) is 2.60. The van der Waals surface area contributed by atoms with E-state index in [1.165, 1.54) is 0 Å². The van der Waals surface area contributed by atoms with Crippen LogP contribution in [0, 0.1) is 0 Å². The maximum Gasteiger partial charge on any atom is 0.251 e. The van der Waals surface area contributed by atoms with Crippen LogP contribution in [0.15, 0.2) is 104 Å². The van der Waals surface area contributed by atoms with Crippen molar-refractivity contribution in [3.63, 3.8) is 0 Å². The number of ether oxygens (including phenoxy) is 5. The smallest absolute Gasteiger partial charge is 0.251 e. The lowest BCUT2D eigenvalue weighted by atomic mass is 9.97. The summed E-state index contributed by atoms with van der Waals surface area (Å²) < 4.78 is 31.1. The fourth-order valence-corrected chi connectivity index (χ4v) is 4.40. The highest BCUT2D eigenvalue weighted by atomic mass is 16.7. The lowest BCUT2D eigenvalue weighted by molar-refractivity contribution is -0.313. The highest BCUT2D eigenvalue weighted by Gasteiger charge is 2.48. The van der Waals surface area contributed by atoms with Gasteiger partial charge < -0.3 is 29.0 Å².